The van der Waals surface area contributed by atoms with Crippen molar-refractivity contribution in [2.45, 2.75) is 24.3 Å². The van der Waals surface area contributed by atoms with Crippen molar-refractivity contribution in [1.29, 1.82) is 0 Å². The summed E-state index contributed by atoms with van der Waals surface area (Å²) < 4.78 is 45.6. The summed E-state index contributed by atoms with van der Waals surface area (Å²) in [4.78, 5) is 18.8. The predicted octanol–water partition coefficient (Wildman–Crippen LogP) is 2.94. The van der Waals surface area contributed by atoms with Crippen molar-refractivity contribution in [1.82, 2.24) is 19.3 Å². The van der Waals surface area contributed by atoms with Gasteiger partial charge in [-0.2, -0.15) is 9.29 Å². The highest BCUT2D eigenvalue weighted by atomic mass is 32.2. The zero-order valence-corrected chi connectivity index (χ0v) is 18.3. The average Bonchev–Trinajstić information content (AvgIpc) is 3.28. The van der Waals surface area contributed by atoms with Gasteiger partial charge in [-0.05, 0) is 37.1 Å². The van der Waals surface area contributed by atoms with Gasteiger partial charge in [0.2, 0.25) is 27.6 Å². The van der Waals surface area contributed by atoms with Crippen LogP contribution < -0.4 is 0 Å². The second kappa shape index (κ2) is 9.17. The summed E-state index contributed by atoms with van der Waals surface area (Å²) in [7, 11) is -2.17. The Morgan fingerprint density at radius 1 is 1.19 bits per heavy atom. The fourth-order valence-electron chi connectivity index (χ4n) is 3.73. The SMILES string of the molecule is CN(Cc1nc(-c2ccccc2)no1)C(=O)[C@H]1CCCN(S(=O)(=O)c2ccc(F)cc2)C1. The van der Waals surface area contributed by atoms with E-state index in [4.69, 9.17) is 4.52 Å². The molecule has 2 aromatic carbocycles. The van der Waals surface area contributed by atoms with Crippen LogP contribution in [-0.2, 0) is 21.4 Å². The van der Waals surface area contributed by atoms with E-state index >= 15 is 0 Å². The molecular formula is C22H23FN4O4S. The van der Waals surface area contributed by atoms with Crippen molar-refractivity contribution in [3.05, 3.63) is 66.3 Å². The summed E-state index contributed by atoms with van der Waals surface area (Å²) >= 11 is 0. The van der Waals surface area contributed by atoms with Gasteiger partial charge in [-0.15, -0.1) is 0 Å². The van der Waals surface area contributed by atoms with E-state index in [2.05, 4.69) is 10.1 Å². The number of rotatable bonds is 6. The van der Waals surface area contributed by atoms with Crippen LogP contribution in [0.1, 0.15) is 18.7 Å². The number of piperidine rings is 1. The van der Waals surface area contributed by atoms with Crippen molar-refractivity contribution in [2.75, 3.05) is 20.1 Å². The number of aromatic nitrogens is 2. The number of amides is 1. The Labute approximate surface area is 185 Å². The lowest BCUT2D eigenvalue weighted by atomic mass is 9.98. The molecule has 0 N–H and O–H groups in total. The van der Waals surface area contributed by atoms with Crippen LogP contribution in [0.15, 0.2) is 64.0 Å². The molecule has 1 aromatic heterocycles. The van der Waals surface area contributed by atoms with Gasteiger partial charge in [0.25, 0.3) is 0 Å². The number of sulfonamides is 1. The molecular weight excluding hydrogens is 435 g/mol. The molecule has 168 valence electrons. The minimum atomic E-state index is -3.80. The van der Waals surface area contributed by atoms with Crippen LogP contribution in [0.5, 0.6) is 0 Å². The highest BCUT2D eigenvalue weighted by molar-refractivity contribution is 7.89. The highest BCUT2D eigenvalue weighted by Crippen LogP contribution is 2.25. The third kappa shape index (κ3) is 4.71. The first-order chi connectivity index (χ1) is 15.3. The number of nitrogens with zero attached hydrogens (tertiary/aromatic N) is 4. The molecule has 0 radical (unpaired) electrons. The van der Waals surface area contributed by atoms with Crippen molar-refractivity contribution in [3.8, 4) is 11.4 Å². The number of halogens is 1. The van der Waals surface area contributed by atoms with E-state index in [0.717, 1.165) is 17.7 Å². The van der Waals surface area contributed by atoms with Gasteiger partial charge < -0.3 is 9.42 Å². The summed E-state index contributed by atoms with van der Waals surface area (Å²) in [5.41, 5.74) is 0.811. The highest BCUT2D eigenvalue weighted by Gasteiger charge is 2.34. The van der Waals surface area contributed by atoms with Crippen LogP contribution in [0, 0.1) is 11.7 Å². The van der Waals surface area contributed by atoms with Gasteiger partial charge in [0.05, 0.1) is 17.4 Å². The van der Waals surface area contributed by atoms with Crippen molar-refractivity contribution >= 4 is 15.9 Å². The molecule has 1 aliphatic rings. The third-order valence-corrected chi connectivity index (χ3v) is 7.31. The van der Waals surface area contributed by atoms with Gasteiger partial charge in [-0.3, -0.25) is 4.79 Å². The second-order valence-electron chi connectivity index (χ2n) is 7.73. The Kier molecular flexibility index (Phi) is 6.33. The van der Waals surface area contributed by atoms with Crippen molar-refractivity contribution < 1.29 is 22.1 Å². The van der Waals surface area contributed by atoms with Gasteiger partial charge in [-0.25, -0.2) is 12.8 Å². The first-order valence-corrected chi connectivity index (χ1v) is 11.7. The fourth-order valence-corrected chi connectivity index (χ4v) is 5.26. The maximum absolute atomic E-state index is 13.2. The lowest BCUT2D eigenvalue weighted by molar-refractivity contribution is -0.136. The van der Waals surface area contributed by atoms with Gasteiger partial charge in [0, 0.05) is 25.7 Å². The molecule has 0 spiro atoms. The number of hydrogen-bond donors (Lipinski definition) is 0. The first kappa shape index (κ1) is 22.1. The zero-order chi connectivity index (χ0) is 22.7. The molecule has 0 unspecified atom stereocenters. The number of benzene rings is 2. The van der Waals surface area contributed by atoms with Crippen molar-refractivity contribution in [3.63, 3.8) is 0 Å². The van der Waals surface area contributed by atoms with E-state index in [-0.39, 0.29) is 23.9 Å². The van der Waals surface area contributed by atoms with Crippen molar-refractivity contribution in [2.24, 2.45) is 5.92 Å². The maximum Gasteiger partial charge on any atom is 0.246 e. The smallest absolute Gasteiger partial charge is 0.246 e. The van der Waals surface area contributed by atoms with Gasteiger partial charge >= 0.3 is 0 Å². The molecule has 3 aromatic rings. The van der Waals surface area contributed by atoms with E-state index in [0.29, 0.717) is 31.1 Å². The average molecular weight is 459 g/mol. The number of carbonyl (C=O) groups excluding carboxylic acids is 1. The monoisotopic (exact) mass is 458 g/mol. The molecule has 0 aliphatic carbocycles. The van der Waals surface area contributed by atoms with E-state index in [1.165, 1.54) is 21.3 Å². The molecule has 4 rings (SSSR count). The Hall–Kier alpha value is -3.11. The standard InChI is InChI=1S/C22H23FN4O4S/c1-26(15-20-24-21(25-31-20)16-6-3-2-4-7-16)22(28)17-8-5-13-27(14-17)32(29,30)19-11-9-18(23)10-12-19/h2-4,6-7,9-12,17H,5,8,13-15H2,1H3/t17-/m0/s1. The summed E-state index contributed by atoms with van der Waals surface area (Å²) in [6.45, 7) is 0.513. The number of hydrogen-bond acceptors (Lipinski definition) is 6. The molecule has 8 nitrogen and oxygen atoms in total. The summed E-state index contributed by atoms with van der Waals surface area (Å²) in [6, 6.07) is 14.1. The summed E-state index contributed by atoms with van der Waals surface area (Å²) in [5, 5.41) is 3.96. The van der Waals surface area contributed by atoms with Crippen LogP contribution in [0.25, 0.3) is 11.4 Å². The fraction of sp³-hybridized carbons (Fsp3) is 0.318. The Balaban J connectivity index is 1.41. The molecule has 1 amide bonds. The Bertz CT molecular complexity index is 1180. The molecule has 10 heteroatoms. The largest absolute Gasteiger partial charge is 0.337 e. The molecule has 1 atom stereocenters. The zero-order valence-electron chi connectivity index (χ0n) is 17.5. The minimum absolute atomic E-state index is 0.0136. The first-order valence-electron chi connectivity index (χ1n) is 10.2. The normalized spacial score (nSPS) is 17.2. The van der Waals surface area contributed by atoms with E-state index in [9.17, 15) is 17.6 Å². The molecule has 0 saturated carbocycles. The van der Waals surface area contributed by atoms with E-state index < -0.39 is 21.8 Å². The Morgan fingerprint density at radius 2 is 1.91 bits per heavy atom. The third-order valence-electron chi connectivity index (χ3n) is 5.43. The van der Waals surface area contributed by atoms with Crippen LogP contribution in [0.4, 0.5) is 4.39 Å². The predicted molar refractivity (Wildman–Crippen MR) is 114 cm³/mol. The molecule has 1 aliphatic heterocycles. The van der Waals surface area contributed by atoms with Crippen LogP contribution in [0.2, 0.25) is 0 Å². The molecule has 0 bridgehead atoms. The number of carbonyl (C=O) groups is 1. The minimum Gasteiger partial charge on any atom is -0.337 e. The molecule has 1 fully saturated rings. The lowest BCUT2D eigenvalue weighted by Crippen LogP contribution is -2.45. The second-order valence-corrected chi connectivity index (χ2v) is 9.67. The quantitative estimate of drug-likeness (QED) is 0.564. The summed E-state index contributed by atoms with van der Waals surface area (Å²) in [6.07, 6.45) is 1.14. The lowest BCUT2D eigenvalue weighted by Gasteiger charge is -2.33. The van der Waals surface area contributed by atoms with Gasteiger partial charge in [0.15, 0.2) is 0 Å². The summed E-state index contributed by atoms with van der Waals surface area (Å²) in [5.74, 6) is -0.445. The molecule has 1 saturated heterocycles. The van der Waals surface area contributed by atoms with Gasteiger partial charge in [-0.1, -0.05) is 35.5 Å². The van der Waals surface area contributed by atoms with Crippen LogP contribution in [-0.4, -0.2) is 53.8 Å². The van der Waals surface area contributed by atoms with Crippen LogP contribution in [0.3, 0.4) is 0 Å². The van der Waals surface area contributed by atoms with Crippen LogP contribution >= 0.6 is 0 Å². The molecule has 2 heterocycles. The Morgan fingerprint density at radius 3 is 2.62 bits per heavy atom. The topological polar surface area (TPSA) is 96.6 Å². The van der Waals surface area contributed by atoms with E-state index in [1.807, 2.05) is 30.3 Å². The maximum atomic E-state index is 13.2. The molecule has 32 heavy (non-hydrogen) atoms. The van der Waals surface area contributed by atoms with Gasteiger partial charge in [0.1, 0.15) is 5.82 Å². The van der Waals surface area contributed by atoms with E-state index in [1.54, 1.807) is 7.05 Å².